The average Bonchev–Trinajstić information content (AvgIpc) is 2.64. The molecule has 90 valence electrons. The normalized spacial score (nSPS) is 10.6. The SMILES string of the molecule is COc1cc(C)c(Br)c(-c2cnn(C)c2N)c1. The quantitative estimate of drug-likeness (QED) is 0.927. The van der Waals surface area contributed by atoms with Gasteiger partial charge >= 0.3 is 0 Å². The fraction of sp³-hybridized carbons (Fsp3) is 0.250. The number of halogens is 1. The van der Waals surface area contributed by atoms with Crippen molar-refractivity contribution in [1.29, 1.82) is 0 Å². The third kappa shape index (κ3) is 2.02. The molecule has 0 fully saturated rings. The third-order valence-electron chi connectivity index (χ3n) is 2.74. The third-order valence-corrected chi connectivity index (χ3v) is 3.79. The Labute approximate surface area is 109 Å². The maximum absolute atomic E-state index is 5.98. The summed E-state index contributed by atoms with van der Waals surface area (Å²) in [6.45, 7) is 2.02. The van der Waals surface area contributed by atoms with E-state index in [1.54, 1.807) is 18.0 Å². The molecule has 0 amide bonds. The van der Waals surface area contributed by atoms with Crippen LogP contribution < -0.4 is 10.5 Å². The Morgan fingerprint density at radius 3 is 2.59 bits per heavy atom. The number of methoxy groups -OCH3 is 1. The van der Waals surface area contributed by atoms with Crippen molar-refractivity contribution in [3.05, 3.63) is 28.4 Å². The number of hydrogen-bond donors (Lipinski definition) is 1. The van der Waals surface area contributed by atoms with Gasteiger partial charge < -0.3 is 10.5 Å². The van der Waals surface area contributed by atoms with Crippen LogP contribution in [-0.2, 0) is 7.05 Å². The maximum Gasteiger partial charge on any atom is 0.129 e. The van der Waals surface area contributed by atoms with Crippen molar-refractivity contribution >= 4 is 21.7 Å². The first kappa shape index (κ1) is 12.0. The minimum absolute atomic E-state index is 0.637. The number of nitrogens with two attached hydrogens (primary N) is 1. The Balaban J connectivity index is 2.66. The largest absolute Gasteiger partial charge is 0.497 e. The number of benzene rings is 1. The van der Waals surface area contributed by atoms with Crippen LogP contribution in [0, 0.1) is 6.92 Å². The zero-order valence-electron chi connectivity index (χ0n) is 9.99. The van der Waals surface area contributed by atoms with Crippen LogP contribution in [0.1, 0.15) is 5.56 Å². The smallest absolute Gasteiger partial charge is 0.129 e. The Morgan fingerprint density at radius 2 is 2.06 bits per heavy atom. The molecule has 2 N–H and O–H groups in total. The Hall–Kier alpha value is -1.49. The van der Waals surface area contributed by atoms with E-state index in [4.69, 9.17) is 10.5 Å². The first-order chi connectivity index (χ1) is 8.04. The summed E-state index contributed by atoms with van der Waals surface area (Å²) >= 11 is 3.58. The molecule has 0 aliphatic rings. The highest BCUT2D eigenvalue weighted by molar-refractivity contribution is 9.10. The molecule has 2 rings (SSSR count). The molecular weight excluding hydrogens is 282 g/mol. The van der Waals surface area contributed by atoms with Crippen molar-refractivity contribution in [2.24, 2.45) is 7.05 Å². The summed E-state index contributed by atoms with van der Waals surface area (Å²) in [6.07, 6.45) is 1.76. The van der Waals surface area contributed by atoms with Gasteiger partial charge in [-0.3, -0.25) is 4.68 Å². The molecule has 0 bridgehead atoms. The summed E-state index contributed by atoms with van der Waals surface area (Å²) in [5.41, 5.74) is 8.98. The molecule has 0 aliphatic heterocycles. The molecule has 0 radical (unpaired) electrons. The molecule has 4 nitrogen and oxygen atoms in total. The molecule has 1 aromatic carbocycles. The first-order valence-electron chi connectivity index (χ1n) is 5.16. The van der Waals surface area contributed by atoms with Crippen LogP contribution in [0.3, 0.4) is 0 Å². The molecule has 2 aromatic rings. The van der Waals surface area contributed by atoms with Crippen molar-refractivity contribution < 1.29 is 4.74 Å². The summed E-state index contributed by atoms with van der Waals surface area (Å²) in [4.78, 5) is 0. The zero-order valence-corrected chi connectivity index (χ0v) is 11.6. The molecule has 0 atom stereocenters. The molecule has 0 spiro atoms. The van der Waals surface area contributed by atoms with Crippen LogP contribution in [0.15, 0.2) is 22.8 Å². The van der Waals surface area contributed by atoms with Gasteiger partial charge in [-0.05, 0) is 40.5 Å². The van der Waals surface area contributed by atoms with Gasteiger partial charge in [0.1, 0.15) is 11.6 Å². The highest BCUT2D eigenvalue weighted by atomic mass is 79.9. The minimum atomic E-state index is 0.637. The van der Waals surface area contributed by atoms with E-state index in [0.29, 0.717) is 5.82 Å². The highest BCUT2D eigenvalue weighted by Crippen LogP contribution is 2.36. The second-order valence-electron chi connectivity index (χ2n) is 3.87. The first-order valence-corrected chi connectivity index (χ1v) is 5.96. The Kier molecular flexibility index (Phi) is 3.11. The lowest BCUT2D eigenvalue weighted by Crippen LogP contribution is -1.98. The number of anilines is 1. The summed E-state index contributed by atoms with van der Waals surface area (Å²) < 4.78 is 7.93. The fourth-order valence-corrected chi connectivity index (χ4v) is 2.15. The van der Waals surface area contributed by atoms with Crippen LogP contribution in [-0.4, -0.2) is 16.9 Å². The van der Waals surface area contributed by atoms with Crippen molar-refractivity contribution in [2.45, 2.75) is 6.92 Å². The van der Waals surface area contributed by atoms with E-state index in [1.165, 1.54) is 0 Å². The molecule has 0 unspecified atom stereocenters. The van der Waals surface area contributed by atoms with Gasteiger partial charge in [-0.1, -0.05) is 0 Å². The molecule has 0 aliphatic carbocycles. The van der Waals surface area contributed by atoms with Gasteiger partial charge in [-0.25, -0.2) is 0 Å². The fourth-order valence-electron chi connectivity index (χ4n) is 1.70. The van der Waals surface area contributed by atoms with Crippen molar-refractivity contribution in [3.63, 3.8) is 0 Å². The van der Waals surface area contributed by atoms with Crippen LogP contribution in [0.4, 0.5) is 5.82 Å². The number of nitrogens with zero attached hydrogens (tertiary/aromatic N) is 2. The van der Waals surface area contributed by atoms with Gasteiger partial charge in [-0.2, -0.15) is 5.10 Å². The second kappa shape index (κ2) is 4.41. The van der Waals surface area contributed by atoms with Crippen molar-refractivity contribution in [3.8, 4) is 16.9 Å². The van der Waals surface area contributed by atoms with Gasteiger partial charge in [0.05, 0.1) is 13.3 Å². The predicted molar refractivity (Wildman–Crippen MR) is 72.0 cm³/mol. The van der Waals surface area contributed by atoms with Crippen molar-refractivity contribution in [2.75, 3.05) is 12.8 Å². The van der Waals surface area contributed by atoms with E-state index >= 15 is 0 Å². The summed E-state index contributed by atoms with van der Waals surface area (Å²) in [6, 6.07) is 3.92. The van der Waals surface area contributed by atoms with E-state index in [9.17, 15) is 0 Å². The minimum Gasteiger partial charge on any atom is -0.497 e. The van der Waals surface area contributed by atoms with Gasteiger partial charge in [0.2, 0.25) is 0 Å². The molecule has 1 heterocycles. The summed E-state index contributed by atoms with van der Waals surface area (Å²) in [7, 11) is 3.47. The van der Waals surface area contributed by atoms with E-state index in [1.807, 2.05) is 26.1 Å². The van der Waals surface area contributed by atoms with Crippen LogP contribution in [0.25, 0.3) is 11.1 Å². The monoisotopic (exact) mass is 295 g/mol. The van der Waals surface area contributed by atoms with E-state index in [0.717, 1.165) is 26.9 Å². The van der Waals surface area contributed by atoms with Crippen LogP contribution in [0.5, 0.6) is 5.75 Å². The lowest BCUT2D eigenvalue weighted by Gasteiger charge is -2.10. The summed E-state index contributed by atoms with van der Waals surface area (Å²) in [5, 5.41) is 4.15. The van der Waals surface area contributed by atoms with Crippen LogP contribution >= 0.6 is 15.9 Å². The molecule has 0 saturated carbocycles. The highest BCUT2D eigenvalue weighted by Gasteiger charge is 2.13. The summed E-state index contributed by atoms with van der Waals surface area (Å²) in [5.74, 6) is 1.45. The predicted octanol–water partition coefficient (Wildman–Crippen LogP) is 2.75. The number of aromatic nitrogens is 2. The Bertz CT molecular complexity index is 563. The molecular formula is C12H14BrN3O. The lowest BCUT2D eigenvalue weighted by atomic mass is 10.1. The topological polar surface area (TPSA) is 53.1 Å². The van der Waals surface area contributed by atoms with E-state index < -0.39 is 0 Å². The van der Waals surface area contributed by atoms with Gasteiger partial charge in [-0.15, -0.1) is 0 Å². The number of aryl methyl sites for hydroxylation is 2. The second-order valence-corrected chi connectivity index (χ2v) is 4.67. The van der Waals surface area contributed by atoms with Crippen molar-refractivity contribution in [1.82, 2.24) is 9.78 Å². The maximum atomic E-state index is 5.98. The van der Waals surface area contributed by atoms with E-state index in [-0.39, 0.29) is 0 Å². The van der Waals surface area contributed by atoms with Gasteiger partial charge in [0, 0.05) is 22.6 Å². The molecule has 5 heteroatoms. The average molecular weight is 296 g/mol. The lowest BCUT2D eigenvalue weighted by molar-refractivity contribution is 0.414. The molecule has 0 saturated heterocycles. The number of ether oxygens (including phenoxy) is 1. The Morgan fingerprint density at radius 1 is 1.35 bits per heavy atom. The standard InChI is InChI=1S/C12H14BrN3O/c1-7-4-8(17-3)5-9(11(7)13)10-6-15-16(2)12(10)14/h4-6H,14H2,1-3H3. The molecule has 17 heavy (non-hydrogen) atoms. The number of rotatable bonds is 2. The van der Waals surface area contributed by atoms with Gasteiger partial charge in [0.25, 0.3) is 0 Å². The molecule has 1 aromatic heterocycles. The van der Waals surface area contributed by atoms with Crippen LogP contribution in [0.2, 0.25) is 0 Å². The number of nitrogen functional groups attached to an aromatic ring is 1. The zero-order chi connectivity index (χ0) is 12.6. The van der Waals surface area contributed by atoms with E-state index in [2.05, 4.69) is 21.0 Å². The van der Waals surface area contributed by atoms with Gasteiger partial charge in [0.15, 0.2) is 0 Å². The number of hydrogen-bond acceptors (Lipinski definition) is 3.